The lowest BCUT2D eigenvalue weighted by Gasteiger charge is -2.06. The van der Waals surface area contributed by atoms with Crippen LogP contribution in [0.1, 0.15) is 15.9 Å². The zero-order valence-corrected chi connectivity index (χ0v) is 14.2. The summed E-state index contributed by atoms with van der Waals surface area (Å²) in [5.41, 5.74) is 1.57. The van der Waals surface area contributed by atoms with Crippen molar-refractivity contribution >= 4 is 16.7 Å². The number of aliphatic hydroxyl groups excluding tert-OH is 1. The van der Waals surface area contributed by atoms with Crippen molar-refractivity contribution in [2.75, 3.05) is 6.61 Å². The maximum atomic E-state index is 11.9. The number of benzene rings is 3. The smallest absolute Gasteiger partial charge is 0.338 e. The zero-order valence-electron chi connectivity index (χ0n) is 14.2. The first kappa shape index (κ1) is 16.8. The molecule has 0 heterocycles. The molecule has 1 fully saturated rings. The highest BCUT2D eigenvalue weighted by Gasteiger charge is 2.51. The first-order valence-corrected chi connectivity index (χ1v) is 8.72. The molecule has 4 nitrogen and oxygen atoms in total. The maximum absolute atomic E-state index is 11.9. The Morgan fingerprint density at radius 2 is 1.65 bits per heavy atom. The number of ether oxygens (including phenoxy) is 2. The molecule has 0 bridgehead atoms. The van der Waals surface area contributed by atoms with Crippen LogP contribution >= 0.6 is 0 Å². The Kier molecular flexibility index (Phi) is 4.69. The molecule has 1 aliphatic rings. The highest BCUT2D eigenvalue weighted by atomic mass is 16.5. The lowest BCUT2D eigenvalue weighted by molar-refractivity contribution is 0.0414. The molecule has 0 aliphatic heterocycles. The van der Waals surface area contributed by atoms with Crippen LogP contribution < -0.4 is 0 Å². The van der Waals surface area contributed by atoms with E-state index in [0.717, 1.165) is 5.56 Å². The molecule has 3 aromatic rings. The van der Waals surface area contributed by atoms with Crippen molar-refractivity contribution in [3.63, 3.8) is 0 Å². The van der Waals surface area contributed by atoms with Gasteiger partial charge in [-0.05, 0) is 34.5 Å². The summed E-state index contributed by atoms with van der Waals surface area (Å²) in [6.07, 6.45) is -0.871. The van der Waals surface area contributed by atoms with Gasteiger partial charge >= 0.3 is 5.97 Å². The standard InChI is InChI=1S/C22H20O4/c23-20-19(14-26-22(24)17-7-2-1-3-8-17)21(20)25-13-15-10-11-16-6-4-5-9-18(16)12-15/h1-12,19-21,23H,13-14H2. The van der Waals surface area contributed by atoms with Crippen LogP contribution in [-0.4, -0.2) is 29.9 Å². The molecule has 132 valence electrons. The van der Waals surface area contributed by atoms with Crippen LogP contribution in [0.15, 0.2) is 72.8 Å². The summed E-state index contributed by atoms with van der Waals surface area (Å²) in [5.74, 6) is -0.541. The largest absolute Gasteiger partial charge is 0.462 e. The monoisotopic (exact) mass is 348 g/mol. The first-order chi connectivity index (χ1) is 12.7. The molecule has 1 N–H and O–H groups in total. The number of carbonyl (C=O) groups excluding carboxylic acids is 1. The lowest BCUT2D eigenvalue weighted by Crippen LogP contribution is -2.10. The zero-order chi connectivity index (χ0) is 17.9. The van der Waals surface area contributed by atoms with Crippen LogP contribution in [-0.2, 0) is 16.1 Å². The van der Waals surface area contributed by atoms with E-state index in [1.807, 2.05) is 24.3 Å². The van der Waals surface area contributed by atoms with Gasteiger partial charge in [-0.15, -0.1) is 0 Å². The van der Waals surface area contributed by atoms with E-state index in [-0.39, 0.29) is 24.6 Å². The predicted molar refractivity (Wildman–Crippen MR) is 98.7 cm³/mol. The van der Waals surface area contributed by atoms with Crippen LogP contribution in [0.2, 0.25) is 0 Å². The van der Waals surface area contributed by atoms with E-state index in [1.54, 1.807) is 24.3 Å². The van der Waals surface area contributed by atoms with Gasteiger partial charge in [0.2, 0.25) is 0 Å². The van der Waals surface area contributed by atoms with Gasteiger partial charge < -0.3 is 14.6 Å². The maximum Gasteiger partial charge on any atom is 0.338 e. The Hall–Kier alpha value is -2.69. The van der Waals surface area contributed by atoms with Crippen LogP contribution in [0.3, 0.4) is 0 Å². The quantitative estimate of drug-likeness (QED) is 0.692. The number of hydrogen-bond acceptors (Lipinski definition) is 4. The van der Waals surface area contributed by atoms with Crippen molar-refractivity contribution in [2.45, 2.75) is 18.8 Å². The van der Waals surface area contributed by atoms with Crippen molar-refractivity contribution in [2.24, 2.45) is 5.92 Å². The van der Waals surface area contributed by atoms with Gasteiger partial charge in [-0.3, -0.25) is 0 Å². The number of fused-ring (bicyclic) bond motifs is 1. The molecule has 26 heavy (non-hydrogen) atoms. The van der Waals surface area contributed by atoms with Gasteiger partial charge in [0, 0.05) is 0 Å². The fourth-order valence-corrected chi connectivity index (χ4v) is 3.09. The summed E-state index contributed by atoms with van der Waals surface area (Å²) in [6, 6.07) is 23.2. The van der Waals surface area contributed by atoms with E-state index in [2.05, 4.69) is 24.3 Å². The van der Waals surface area contributed by atoms with E-state index in [0.29, 0.717) is 12.2 Å². The average Bonchev–Trinajstić information content (AvgIpc) is 3.32. The molecule has 3 unspecified atom stereocenters. The minimum atomic E-state index is -0.584. The number of hydrogen-bond donors (Lipinski definition) is 1. The average molecular weight is 348 g/mol. The normalized spacial score (nSPS) is 21.5. The summed E-state index contributed by atoms with van der Waals surface area (Å²) < 4.78 is 11.1. The fraction of sp³-hybridized carbons (Fsp3) is 0.227. The third kappa shape index (κ3) is 3.62. The van der Waals surface area contributed by atoms with E-state index >= 15 is 0 Å². The Balaban J connectivity index is 1.28. The second-order valence-electron chi connectivity index (χ2n) is 6.58. The lowest BCUT2D eigenvalue weighted by atomic mass is 10.1. The molecule has 4 rings (SSSR count). The molecule has 3 atom stereocenters. The number of carbonyl (C=O) groups is 1. The van der Waals surface area contributed by atoms with Crippen LogP contribution in [0.25, 0.3) is 10.8 Å². The summed E-state index contributed by atoms with van der Waals surface area (Å²) in [7, 11) is 0. The third-order valence-corrected chi connectivity index (χ3v) is 4.73. The second kappa shape index (κ2) is 7.28. The van der Waals surface area contributed by atoms with Crippen molar-refractivity contribution in [1.29, 1.82) is 0 Å². The highest BCUT2D eigenvalue weighted by molar-refractivity contribution is 5.89. The van der Waals surface area contributed by atoms with Crippen molar-refractivity contribution in [3.05, 3.63) is 83.9 Å². The van der Waals surface area contributed by atoms with Gasteiger partial charge in [0.25, 0.3) is 0 Å². The van der Waals surface area contributed by atoms with Crippen LogP contribution in [0.4, 0.5) is 0 Å². The summed E-state index contributed by atoms with van der Waals surface area (Å²) >= 11 is 0. The molecule has 0 radical (unpaired) electrons. The summed E-state index contributed by atoms with van der Waals surface area (Å²) in [4.78, 5) is 11.9. The molecule has 0 amide bonds. The molecular weight excluding hydrogens is 328 g/mol. The molecule has 3 aromatic carbocycles. The van der Waals surface area contributed by atoms with Crippen LogP contribution in [0.5, 0.6) is 0 Å². The van der Waals surface area contributed by atoms with Gasteiger partial charge in [-0.25, -0.2) is 4.79 Å². The van der Waals surface area contributed by atoms with E-state index in [9.17, 15) is 9.90 Å². The topological polar surface area (TPSA) is 55.8 Å². The van der Waals surface area contributed by atoms with Crippen molar-refractivity contribution in [3.8, 4) is 0 Å². The van der Waals surface area contributed by atoms with Crippen molar-refractivity contribution in [1.82, 2.24) is 0 Å². The molecule has 0 saturated heterocycles. The van der Waals surface area contributed by atoms with Gasteiger partial charge in [0.05, 0.1) is 36.9 Å². The number of rotatable bonds is 6. The molecule has 1 aliphatic carbocycles. The Labute approximate surface area is 152 Å². The predicted octanol–water partition coefficient (Wildman–Crippen LogP) is 3.57. The van der Waals surface area contributed by atoms with Gasteiger partial charge in [0.15, 0.2) is 0 Å². The van der Waals surface area contributed by atoms with E-state index in [1.165, 1.54) is 10.8 Å². The Morgan fingerprint density at radius 1 is 0.923 bits per heavy atom. The second-order valence-corrected chi connectivity index (χ2v) is 6.58. The minimum Gasteiger partial charge on any atom is -0.462 e. The number of esters is 1. The molecule has 1 saturated carbocycles. The summed E-state index contributed by atoms with van der Waals surface area (Å²) in [5, 5.41) is 12.4. The van der Waals surface area contributed by atoms with E-state index < -0.39 is 6.10 Å². The first-order valence-electron chi connectivity index (χ1n) is 8.72. The third-order valence-electron chi connectivity index (χ3n) is 4.73. The van der Waals surface area contributed by atoms with Crippen molar-refractivity contribution < 1.29 is 19.4 Å². The molecule has 4 heteroatoms. The molecule has 0 aromatic heterocycles. The Morgan fingerprint density at radius 3 is 2.46 bits per heavy atom. The molecule has 0 spiro atoms. The van der Waals surface area contributed by atoms with E-state index in [4.69, 9.17) is 9.47 Å². The SMILES string of the molecule is O=C(OCC1C(O)C1OCc1ccc2ccccc2c1)c1ccccc1. The minimum absolute atomic E-state index is 0.164. The molecular formula is C22H20O4. The van der Waals surface area contributed by atoms with Gasteiger partial charge in [0.1, 0.15) is 0 Å². The highest BCUT2D eigenvalue weighted by Crippen LogP contribution is 2.35. The van der Waals surface area contributed by atoms with Crippen LogP contribution in [0, 0.1) is 5.92 Å². The Bertz CT molecular complexity index is 906. The fourth-order valence-electron chi connectivity index (χ4n) is 3.09. The van der Waals surface area contributed by atoms with Gasteiger partial charge in [-0.1, -0.05) is 54.6 Å². The summed E-state index contributed by atoms with van der Waals surface area (Å²) in [6.45, 7) is 0.590. The number of aliphatic hydroxyl groups is 1. The van der Waals surface area contributed by atoms with Gasteiger partial charge in [-0.2, -0.15) is 0 Å².